The molecular formula is C6H14ClNO2. The fourth-order valence-corrected chi connectivity index (χ4v) is 0.980. The standard InChI is InChI=1S/C6H11NO.ClH.H2O/c8-5-6-1-3-7-4-2-6;;/h5-7H,1-4H2;1H;1H2. The molecule has 1 fully saturated rings. The lowest BCUT2D eigenvalue weighted by Crippen LogP contribution is -2.28. The first-order chi connectivity index (χ1) is 3.93. The van der Waals surface area contributed by atoms with Crippen LogP contribution in [0.5, 0.6) is 0 Å². The van der Waals surface area contributed by atoms with Crippen LogP contribution in [0, 0.1) is 5.92 Å². The van der Waals surface area contributed by atoms with Gasteiger partial charge in [0.05, 0.1) is 0 Å². The summed E-state index contributed by atoms with van der Waals surface area (Å²) in [6, 6.07) is 0. The molecule has 0 aliphatic carbocycles. The number of hydrogen-bond donors (Lipinski definition) is 1. The van der Waals surface area contributed by atoms with Crippen LogP contribution in [-0.4, -0.2) is 24.9 Å². The molecule has 0 saturated carbocycles. The minimum atomic E-state index is 0. The number of hydrogen-bond acceptors (Lipinski definition) is 2. The third-order valence-electron chi connectivity index (χ3n) is 1.58. The van der Waals surface area contributed by atoms with E-state index in [9.17, 15) is 4.79 Å². The van der Waals surface area contributed by atoms with Crippen molar-refractivity contribution < 1.29 is 10.3 Å². The van der Waals surface area contributed by atoms with Crippen LogP contribution in [0.2, 0.25) is 0 Å². The van der Waals surface area contributed by atoms with Gasteiger partial charge in [-0.3, -0.25) is 0 Å². The smallest absolute Gasteiger partial charge is 0.123 e. The highest BCUT2D eigenvalue weighted by Crippen LogP contribution is 2.06. The van der Waals surface area contributed by atoms with Gasteiger partial charge in [-0.25, -0.2) is 0 Å². The fraction of sp³-hybridized carbons (Fsp3) is 0.833. The molecule has 3 nitrogen and oxygen atoms in total. The maximum absolute atomic E-state index is 10.1. The van der Waals surface area contributed by atoms with E-state index in [1.165, 1.54) is 0 Å². The topological polar surface area (TPSA) is 60.6 Å². The summed E-state index contributed by atoms with van der Waals surface area (Å²) in [6.07, 6.45) is 3.13. The van der Waals surface area contributed by atoms with Crippen molar-refractivity contribution in [3.05, 3.63) is 0 Å². The van der Waals surface area contributed by atoms with Crippen molar-refractivity contribution in [2.45, 2.75) is 12.8 Å². The first-order valence-electron chi connectivity index (χ1n) is 3.09. The summed E-state index contributed by atoms with van der Waals surface area (Å²) in [7, 11) is 0. The summed E-state index contributed by atoms with van der Waals surface area (Å²) in [6.45, 7) is 2.03. The lowest BCUT2D eigenvalue weighted by atomic mass is 10.0. The highest BCUT2D eigenvalue weighted by molar-refractivity contribution is 5.85. The molecule has 0 aromatic heterocycles. The molecule has 0 radical (unpaired) electrons. The SMILES string of the molecule is Cl.O.O=CC1CCNCC1. The third-order valence-corrected chi connectivity index (χ3v) is 1.58. The fourth-order valence-electron chi connectivity index (χ4n) is 0.980. The monoisotopic (exact) mass is 167 g/mol. The van der Waals surface area contributed by atoms with E-state index in [-0.39, 0.29) is 17.9 Å². The van der Waals surface area contributed by atoms with E-state index in [4.69, 9.17) is 0 Å². The molecule has 1 saturated heterocycles. The van der Waals surface area contributed by atoms with Gasteiger partial charge in [0.15, 0.2) is 0 Å². The van der Waals surface area contributed by atoms with Crippen molar-refractivity contribution in [3.8, 4) is 0 Å². The average molecular weight is 168 g/mol. The number of carbonyl (C=O) groups is 1. The molecule has 0 aromatic rings. The van der Waals surface area contributed by atoms with Gasteiger partial charge in [-0.05, 0) is 25.9 Å². The number of piperidine rings is 1. The molecule has 1 aliphatic heterocycles. The summed E-state index contributed by atoms with van der Waals surface area (Å²) in [4.78, 5) is 10.1. The molecule has 0 spiro atoms. The predicted octanol–water partition coefficient (Wildman–Crippen LogP) is -0.218. The Morgan fingerprint density at radius 2 is 1.80 bits per heavy atom. The van der Waals surface area contributed by atoms with Crippen LogP contribution in [0.3, 0.4) is 0 Å². The van der Waals surface area contributed by atoms with Crippen LogP contribution in [0.15, 0.2) is 0 Å². The van der Waals surface area contributed by atoms with Crippen LogP contribution < -0.4 is 5.32 Å². The van der Waals surface area contributed by atoms with Gasteiger partial charge in [-0.1, -0.05) is 0 Å². The van der Waals surface area contributed by atoms with E-state index in [2.05, 4.69) is 5.32 Å². The molecule has 62 valence electrons. The Morgan fingerprint density at radius 3 is 2.10 bits per heavy atom. The van der Waals surface area contributed by atoms with Crippen molar-refractivity contribution in [2.75, 3.05) is 13.1 Å². The van der Waals surface area contributed by atoms with Crippen molar-refractivity contribution in [1.29, 1.82) is 0 Å². The Kier molecular flexibility index (Phi) is 8.77. The Balaban J connectivity index is 0. The van der Waals surface area contributed by atoms with E-state index in [1.54, 1.807) is 0 Å². The maximum Gasteiger partial charge on any atom is 0.123 e. The number of carbonyl (C=O) groups excluding carboxylic acids is 1. The Bertz CT molecular complexity index is 83.8. The van der Waals surface area contributed by atoms with Crippen LogP contribution >= 0.6 is 12.4 Å². The molecule has 0 atom stereocenters. The maximum atomic E-state index is 10.1. The van der Waals surface area contributed by atoms with E-state index in [0.717, 1.165) is 32.2 Å². The highest BCUT2D eigenvalue weighted by atomic mass is 35.5. The van der Waals surface area contributed by atoms with Gasteiger partial charge >= 0.3 is 0 Å². The lowest BCUT2D eigenvalue weighted by Gasteiger charge is -2.16. The van der Waals surface area contributed by atoms with Gasteiger partial charge in [-0.15, -0.1) is 12.4 Å². The number of rotatable bonds is 1. The van der Waals surface area contributed by atoms with E-state index >= 15 is 0 Å². The number of halogens is 1. The van der Waals surface area contributed by atoms with Gasteiger partial charge < -0.3 is 15.6 Å². The molecule has 0 bridgehead atoms. The van der Waals surface area contributed by atoms with E-state index in [0.29, 0.717) is 5.92 Å². The summed E-state index contributed by atoms with van der Waals surface area (Å²) in [5, 5.41) is 3.19. The largest absolute Gasteiger partial charge is 0.412 e. The van der Waals surface area contributed by atoms with Gasteiger partial charge in [0.2, 0.25) is 0 Å². The van der Waals surface area contributed by atoms with Crippen LogP contribution in [0.1, 0.15) is 12.8 Å². The highest BCUT2D eigenvalue weighted by Gasteiger charge is 2.09. The number of nitrogens with one attached hydrogen (secondary N) is 1. The minimum absolute atomic E-state index is 0. The second kappa shape index (κ2) is 6.99. The normalized spacial score (nSPS) is 18.4. The Hall–Kier alpha value is -0.120. The van der Waals surface area contributed by atoms with Crippen LogP contribution in [0.25, 0.3) is 0 Å². The first-order valence-corrected chi connectivity index (χ1v) is 3.09. The average Bonchev–Trinajstić information content (AvgIpc) is 1.90. The molecule has 0 amide bonds. The number of aldehydes is 1. The van der Waals surface area contributed by atoms with Crippen molar-refractivity contribution >= 4 is 18.7 Å². The predicted molar refractivity (Wildman–Crippen MR) is 42.5 cm³/mol. The Morgan fingerprint density at radius 1 is 1.30 bits per heavy atom. The molecule has 4 heteroatoms. The van der Waals surface area contributed by atoms with Crippen LogP contribution in [-0.2, 0) is 4.79 Å². The molecule has 0 aromatic carbocycles. The quantitative estimate of drug-likeness (QED) is 0.549. The van der Waals surface area contributed by atoms with E-state index in [1.807, 2.05) is 0 Å². The molecule has 0 unspecified atom stereocenters. The van der Waals surface area contributed by atoms with Gasteiger partial charge in [0.1, 0.15) is 6.29 Å². The zero-order valence-electron chi connectivity index (χ0n) is 5.80. The molecule has 1 rings (SSSR count). The van der Waals surface area contributed by atoms with Crippen LogP contribution in [0.4, 0.5) is 0 Å². The van der Waals surface area contributed by atoms with Crippen molar-refractivity contribution in [1.82, 2.24) is 5.32 Å². The summed E-state index contributed by atoms with van der Waals surface area (Å²) >= 11 is 0. The molecule has 10 heavy (non-hydrogen) atoms. The molecule has 1 heterocycles. The summed E-state index contributed by atoms with van der Waals surface area (Å²) in [5.41, 5.74) is 0. The van der Waals surface area contributed by atoms with E-state index < -0.39 is 0 Å². The van der Waals surface area contributed by atoms with Crippen molar-refractivity contribution in [3.63, 3.8) is 0 Å². The van der Waals surface area contributed by atoms with Gasteiger partial charge in [0, 0.05) is 5.92 Å². The van der Waals surface area contributed by atoms with Gasteiger partial charge in [-0.2, -0.15) is 0 Å². The summed E-state index contributed by atoms with van der Waals surface area (Å²) < 4.78 is 0. The first kappa shape index (κ1) is 12.5. The van der Waals surface area contributed by atoms with Gasteiger partial charge in [0.25, 0.3) is 0 Å². The zero-order chi connectivity index (χ0) is 5.82. The third kappa shape index (κ3) is 3.82. The Labute approximate surface area is 66.9 Å². The molecule has 3 N–H and O–H groups in total. The molecular weight excluding hydrogens is 154 g/mol. The minimum Gasteiger partial charge on any atom is -0.412 e. The van der Waals surface area contributed by atoms with Crippen molar-refractivity contribution in [2.24, 2.45) is 5.92 Å². The zero-order valence-corrected chi connectivity index (χ0v) is 6.62. The summed E-state index contributed by atoms with van der Waals surface area (Å²) in [5.74, 6) is 0.344. The molecule has 1 aliphatic rings. The lowest BCUT2D eigenvalue weighted by molar-refractivity contribution is -0.111. The second-order valence-corrected chi connectivity index (χ2v) is 2.22. The second-order valence-electron chi connectivity index (χ2n) is 2.22.